The van der Waals surface area contributed by atoms with Crippen molar-refractivity contribution >= 4 is 6.21 Å². The first-order valence-electron chi connectivity index (χ1n) is 11.5. The Bertz CT molecular complexity index is 854. The monoisotopic (exact) mass is 435 g/mol. The van der Waals surface area contributed by atoms with Crippen molar-refractivity contribution in [2.45, 2.75) is 39.0 Å². The fraction of sp³-hybridized carbons (Fsp3) is 0.393. The fourth-order valence-corrected chi connectivity index (χ4v) is 4.04. The molecule has 0 radical (unpaired) electrons. The van der Waals surface area contributed by atoms with Crippen molar-refractivity contribution in [3.8, 4) is 0 Å². The first-order valence-corrected chi connectivity index (χ1v) is 11.5. The van der Waals surface area contributed by atoms with Gasteiger partial charge in [-0.25, -0.2) is 4.39 Å². The third kappa shape index (κ3) is 8.70. The van der Waals surface area contributed by atoms with E-state index in [0.717, 1.165) is 11.5 Å². The van der Waals surface area contributed by atoms with E-state index in [1.165, 1.54) is 49.7 Å². The van der Waals surface area contributed by atoms with Gasteiger partial charge >= 0.3 is 0 Å². The molecule has 1 aliphatic heterocycles. The predicted octanol–water partition coefficient (Wildman–Crippen LogP) is 6.51. The zero-order valence-electron chi connectivity index (χ0n) is 19.9. The van der Waals surface area contributed by atoms with Gasteiger partial charge in [-0.15, -0.1) is 0 Å². The number of piperidine rings is 1. The molecule has 1 fully saturated rings. The molecular weight excluding hydrogens is 397 g/mol. The minimum absolute atomic E-state index is 0.105. The van der Waals surface area contributed by atoms with Crippen LogP contribution in [0.5, 0.6) is 0 Å². The van der Waals surface area contributed by atoms with Crippen molar-refractivity contribution in [1.82, 2.24) is 9.91 Å². The molecule has 1 atom stereocenters. The number of hydrazone groups is 1. The Labute approximate surface area is 193 Å². The van der Waals surface area contributed by atoms with Gasteiger partial charge in [0.15, 0.2) is 0 Å². The van der Waals surface area contributed by atoms with Crippen molar-refractivity contribution in [3.63, 3.8) is 0 Å². The van der Waals surface area contributed by atoms with E-state index in [2.05, 4.69) is 60.4 Å². The van der Waals surface area contributed by atoms with Crippen LogP contribution in [0.1, 0.15) is 43.7 Å². The third-order valence-corrected chi connectivity index (χ3v) is 5.86. The summed E-state index contributed by atoms with van der Waals surface area (Å²) in [4.78, 5) is 2.40. The molecule has 3 rings (SSSR count). The number of nitrogens with zero attached hydrogens (tertiary/aromatic N) is 3. The molecule has 32 heavy (non-hydrogen) atoms. The molecule has 2 aromatic carbocycles. The Kier molecular flexibility index (Phi) is 10.7. The highest BCUT2D eigenvalue weighted by atomic mass is 19.1. The SMILES string of the molecule is C=C(C)N1CCC(Cc2ccccc2)CC1.C=C/C=N\N(C)CC(C)c1ccccc1F. The minimum atomic E-state index is -0.156. The molecule has 172 valence electrons. The molecular formula is C28H38FN3. The van der Waals surface area contributed by atoms with E-state index in [1.54, 1.807) is 23.4 Å². The van der Waals surface area contributed by atoms with Gasteiger partial charge < -0.3 is 4.90 Å². The molecule has 4 heteroatoms. The Morgan fingerprint density at radius 3 is 2.38 bits per heavy atom. The highest BCUT2D eigenvalue weighted by Crippen LogP contribution is 2.23. The maximum absolute atomic E-state index is 13.5. The number of halogens is 1. The molecule has 0 spiro atoms. The Morgan fingerprint density at radius 2 is 1.78 bits per heavy atom. The summed E-state index contributed by atoms with van der Waals surface area (Å²) in [6.07, 6.45) is 7.09. The van der Waals surface area contributed by atoms with E-state index in [1.807, 2.05) is 26.1 Å². The lowest BCUT2D eigenvalue weighted by Crippen LogP contribution is -2.32. The van der Waals surface area contributed by atoms with Gasteiger partial charge in [-0.05, 0) is 55.4 Å². The fourth-order valence-electron chi connectivity index (χ4n) is 4.04. The van der Waals surface area contributed by atoms with Crippen molar-refractivity contribution in [1.29, 1.82) is 0 Å². The van der Waals surface area contributed by atoms with Crippen molar-refractivity contribution in [3.05, 3.63) is 96.5 Å². The lowest BCUT2D eigenvalue weighted by atomic mass is 9.90. The van der Waals surface area contributed by atoms with E-state index in [0.29, 0.717) is 6.54 Å². The first-order chi connectivity index (χ1) is 15.4. The van der Waals surface area contributed by atoms with E-state index in [-0.39, 0.29) is 11.7 Å². The van der Waals surface area contributed by atoms with Gasteiger partial charge in [0.1, 0.15) is 5.82 Å². The number of likely N-dealkylation sites (tertiary alicyclic amines) is 1. The summed E-state index contributed by atoms with van der Waals surface area (Å²) in [5, 5.41) is 5.88. The van der Waals surface area contributed by atoms with Gasteiger partial charge in [0.25, 0.3) is 0 Å². The van der Waals surface area contributed by atoms with Crippen LogP contribution in [0.2, 0.25) is 0 Å². The van der Waals surface area contributed by atoms with Gasteiger partial charge in [0, 0.05) is 44.5 Å². The second kappa shape index (κ2) is 13.5. The summed E-state index contributed by atoms with van der Waals surface area (Å²) in [5.41, 5.74) is 3.43. The van der Waals surface area contributed by atoms with Crippen LogP contribution in [0.15, 0.2) is 84.6 Å². The molecule has 1 aliphatic rings. The van der Waals surface area contributed by atoms with E-state index >= 15 is 0 Å². The standard InChI is InChI=1S/C15H21N.C13H17FN2/c1-13(2)16-10-8-15(9-11-16)12-14-6-4-3-5-7-14;1-4-9-15-16(3)10-11(2)12-7-5-6-8-13(12)14/h3-7,15H,1,8-12H2,2H3;4-9,11H,1,10H2,2-3H3/b;15-9-. The molecule has 0 saturated carbocycles. The number of likely N-dealkylation sites (N-methyl/N-ethyl adjacent to an activating group) is 1. The number of hydrogen-bond acceptors (Lipinski definition) is 3. The number of hydrogen-bond donors (Lipinski definition) is 0. The largest absolute Gasteiger partial charge is 0.376 e. The third-order valence-electron chi connectivity index (χ3n) is 5.86. The molecule has 0 aliphatic carbocycles. The maximum atomic E-state index is 13.5. The topological polar surface area (TPSA) is 18.8 Å². The Balaban J connectivity index is 0.000000227. The maximum Gasteiger partial charge on any atom is 0.126 e. The predicted molar refractivity (Wildman–Crippen MR) is 135 cm³/mol. The van der Waals surface area contributed by atoms with Gasteiger partial charge in [0.2, 0.25) is 0 Å². The highest BCUT2D eigenvalue weighted by molar-refractivity contribution is 5.69. The van der Waals surface area contributed by atoms with Gasteiger partial charge in [-0.1, -0.05) is 68.6 Å². The normalized spacial score (nSPS) is 15.1. The van der Waals surface area contributed by atoms with Crippen LogP contribution < -0.4 is 0 Å². The van der Waals surface area contributed by atoms with Crippen LogP contribution in [-0.2, 0) is 6.42 Å². The lowest BCUT2D eigenvalue weighted by molar-refractivity contribution is 0.227. The quantitative estimate of drug-likeness (QED) is 0.348. The summed E-state index contributed by atoms with van der Waals surface area (Å²) in [6.45, 7) is 14.7. The van der Waals surface area contributed by atoms with E-state index < -0.39 is 0 Å². The van der Waals surface area contributed by atoms with Gasteiger partial charge in [-0.3, -0.25) is 5.01 Å². The summed E-state index contributed by atoms with van der Waals surface area (Å²) in [5.74, 6) is 0.808. The van der Waals surface area contributed by atoms with Crippen molar-refractivity contribution in [2.75, 3.05) is 26.7 Å². The van der Waals surface area contributed by atoms with Crippen molar-refractivity contribution in [2.24, 2.45) is 11.0 Å². The lowest BCUT2D eigenvalue weighted by Gasteiger charge is -2.33. The zero-order valence-corrected chi connectivity index (χ0v) is 19.9. The summed E-state index contributed by atoms with van der Waals surface area (Å²) < 4.78 is 13.5. The molecule has 2 aromatic rings. The van der Waals surface area contributed by atoms with E-state index in [9.17, 15) is 4.39 Å². The molecule has 0 bridgehead atoms. The zero-order chi connectivity index (χ0) is 23.3. The van der Waals surface area contributed by atoms with E-state index in [4.69, 9.17) is 0 Å². The summed E-state index contributed by atoms with van der Waals surface area (Å²) in [6, 6.07) is 17.7. The second-order valence-electron chi connectivity index (χ2n) is 8.62. The average Bonchev–Trinajstić information content (AvgIpc) is 2.79. The number of rotatable bonds is 8. The summed E-state index contributed by atoms with van der Waals surface area (Å²) in [7, 11) is 1.86. The minimum Gasteiger partial charge on any atom is -0.376 e. The first kappa shape index (κ1) is 25.4. The second-order valence-corrected chi connectivity index (χ2v) is 8.62. The molecule has 0 amide bonds. The van der Waals surface area contributed by atoms with Gasteiger partial charge in [0.05, 0.1) is 0 Å². The Hall–Kier alpha value is -2.88. The number of benzene rings is 2. The molecule has 1 saturated heterocycles. The smallest absolute Gasteiger partial charge is 0.126 e. The van der Waals surface area contributed by atoms with Crippen LogP contribution in [0.3, 0.4) is 0 Å². The van der Waals surface area contributed by atoms with Crippen LogP contribution in [0, 0.1) is 11.7 Å². The molecule has 3 nitrogen and oxygen atoms in total. The summed E-state index contributed by atoms with van der Waals surface area (Å²) >= 11 is 0. The molecule has 1 unspecified atom stereocenters. The van der Waals surface area contributed by atoms with Gasteiger partial charge in [-0.2, -0.15) is 5.10 Å². The number of allylic oxidation sites excluding steroid dienone is 2. The van der Waals surface area contributed by atoms with Crippen LogP contribution in [-0.4, -0.2) is 42.8 Å². The average molecular weight is 436 g/mol. The Morgan fingerprint density at radius 1 is 1.16 bits per heavy atom. The van der Waals surface area contributed by atoms with Crippen LogP contribution >= 0.6 is 0 Å². The molecule has 0 aromatic heterocycles. The van der Waals surface area contributed by atoms with Crippen LogP contribution in [0.4, 0.5) is 4.39 Å². The molecule has 1 heterocycles. The molecule has 0 N–H and O–H groups in total. The van der Waals surface area contributed by atoms with Crippen LogP contribution in [0.25, 0.3) is 0 Å². The highest BCUT2D eigenvalue weighted by Gasteiger charge is 2.18. The van der Waals surface area contributed by atoms with Crippen molar-refractivity contribution < 1.29 is 4.39 Å².